The van der Waals surface area contributed by atoms with Crippen LogP contribution in [-0.2, 0) is 10.2 Å². The zero-order valence-corrected chi connectivity index (χ0v) is 20.5. The summed E-state index contributed by atoms with van der Waals surface area (Å²) in [6, 6.07) is 14.6. The van der Waals surface area contributed by atoms with Crippen LogP contribution in [0.3, 0.4) is 0 Å². The zero-order valence-electron chi connectivity index (χ0n) is 19.7. The van der Waals surface area contributed by atoms with E-state index in [1.165, 1.54) is 11.6 Å². The Balaban J connectivity index is 1.43. The van der Waals surface area contributed by atoms with Crippen molar-refractivity contribution in [3.8, 4) is 11.5 Å². The Morgan fingerprint density at radius 3 is 2.36 bits per heavy atom. The van der Waals surface area contributed by atoms with E-state index in [0.29, 0.717) is 22.1 Å². The van der Waals surface area contributed by atoms with Crippen LogP contribution < -0.4 is 9.47 Å². The molecule has 11 heteroatoms. The quantitative estimate of drug-likeness (QED) is 0.398. The number of hydrazone groups is 1. The molecule has 2 aliphatic rings. The summed E-state index contributed by atoms with van der Waals surface area (Å²) in [5, 5.41) is 10.9. The second-order valence-electron chi connectivity index (χ2n) is 8.93. The Labute approximate surface area is 210 Å². The second-order valence-corrected chi connectivity index (χ2v) is 9.89. The molecule has 0 aliphatic carbocycles. The molecule has 1 N–H and O–H groups in total. The van der Waals surface area contributed by atoms with E-state index in [1.807, 2.05) is 24.3 Å². The smallest absolute Gasteiger partial charge is 0.441 e. The minimum atomic E-state index is -4.70. The number of fused-ring (bicyclic) bond motifs is 1. The molecule has 0 saturated carbocycles. The van der Waals surface area contributed by atoms with Crippen molar-refractivity contribution in [2.75, 3.05) is 13.2 Å². The molecule has 0 atom stereocenters. The van der Waals surface area contributed by atoms with Crippen molar-refractivity contribution in [2.24, 2.45) is 10.1 Å². The number of thioether (sulfide) groups is 1. The molecule has 36 heavy (non-hydrogen) atoms. The van der Waals surface area contributed by atoms with Gasteiger partial charge in [0.1, 0.15) is 24.7 Å². The van der Waals surface area contributed by atoms with E-state index in [1.54, 1.807) is 24.3 Å². The molecule has 2 aliphatic heterocycles. The van der Waals surface area contributed by atoms with Gasteiger partial charge in [0.15, 0.2) is 5.84 Å². The van der Waals surface area contributed by atoms with Gasteiger partial charge in [0.25, 0.3) is 5.91 Å². The molecule has 0 radical (unpaired) electrons. The molecule has 1 amide bonds. The Kier molecular flexibility index (Phi) is 6.94. The summed E-state index contributed by atoms with van der Waals surface area (Å²) in [5.41, 5.74) is 1.51. The number of hydrogen-bond acceptors (Lipinski definition) is 6. The number of halogens is 3. The SMILES string of the molecule is CC(C)(C)c1ccc(OCCOc2ccccc2C=C2C(=N)N3N=C(C(F)(F)F)SC3=NC2=O)cc1. The molecule has 0 fully saturated rings. The van der Waals surface area contributed by atoms with E-state index in [4.69, 9.17) is 14.9 Å². The Bertz CT molecular complexity index is 1280. The summed E-state index contributed by atoms with van der Waals surface area (Å²) in [6.45, 7) is 6.87. The summed E-state index contributed by atoms with van der Waals surface area (Å²) < 4.78 is 50.6. The van der Waals surface area contributed by atoms with Crippen molar-refractivity contribution in [2.45, 2.75) is 32.4 Å². The predicted molar refractivity (Wildman–Crippen MR) is 134 cm³/mol. The first-order valence-corrected chi connectivity index (χ1v) is 11.8. The molecule has 2 aromatic rings. The van der Waals surface area contributed by atoms with Gasteiger partial charge in [-0.25, -0.2) is 0 Å². The Hall–Kier alpha value is -3.60. The van der Waals surface area contributed by atoms with Crippen molar-refractivity contribution >= 4 is 39.8 Å². The molecule has 0 bridgehead atoms. The van der Waals surface area contributed by atoms with E-state index in [9.17, 15) is 18.0 Å². The summed E-state index contributed by atoms with van der Waals surface area (Å²) in [7, 11) is 0. The minimum Gasteiger partial charge on any atom is -0.490 e. The Morgan fingerprint density at radius 2 is 1.69 bits per heavy atom. The van der Waals surface area contributed by atoms with Gasteiger partial charge in [-0.15, -0.1) is 0 Å². The molecule has 7 nitrogen and oxygen atoms in total. The lowest BCUT2D eigenvalue weighted by atomic mass is 9.87. The summed E-state index contributed by atoms with van der Waals surface area (Å²) in [4.78, 5) is 16.2. The third-order valence-electron chi connectivity index (χ3n) is 5.25. The highest BCUT2D eigenvalue weighted by molar-refractivity contribution is 8.27. The molecule has 4 rings (SSSR count). The zero-order chi connectivity index (χ0) is 26.1. The monoisotopic (exact) mass is 516 g/mol. The molecular formula is C25H23F3N4O3S. The number of carbonyl (C=O) groups excluding carboxylic acids is 1. The van der Waals surface area contributed by atoms with Crippen LogP contribution in [0.4, 0.5) is 13.2 Å². The van der Waals surface area contributed by atoms with Crippen LogP contribution in [0.25, 0.3) is 6.08 Å². The molecule has 0 unspecified atom stereocenters. The number of nitrogens with one attached hydrogen (secondary N) is 1. The van der Waals surface area contributed by atoms with Gasteiger partial charge in [-0.2, -0.15) is 28.3 Å². The Morgan fingerprint density at radius 1 is 1.03 bits per heavy atom. The van der Waals surface area contributed by atoms with Crippen LogP contribution in [0.2, 0.25) is 0 Å². The van der Waals surface area contributed by atoms with Crippen molar-refractivity contribution in [1.29, 1.82) is 5.41 Å². The standard InChI is InChI=1S/C25H23F3N4O3S/c1-24(2,3)16-8-10-17(11-9-16)34-12-13-35-19-7-5-4-6-15(19)14-18-20(29)32-23(30-21(18)33)36-22(31-32)25(26,27)28/h4-11,14,29H,12-13H2,1-3H3. The highest BCUT2D eigenvalue weighted by atomic mass is 32.2. The van der Waals surface area contributed by atoms with E-state index in [2.05, 4.69) is 30.9 Å². The molecule has 0 saturated heterocycles. The van der Waals surface area contributed by atoms with Crippen molar-refractivity contribution in [3.63, 3.8) is 0 Å². The third-order valence-corrected chi connectivity index (χ3v) is 6.20. The average molecular weight is 517 g/mol. The average Bonchev–Trinajstić information content (AvgIpc) is 3.25. The number of benzene rings is 2. The molecule has 0 aromatic heterocycles. The van der Waals surface area contributed by atoms with Crippen LogP contribution >= 0.6 is 11.8 Å². The van der Waals surface area contributed by atoms with Crippen molar-refractivity contribution in [3.05, 3.63) is 65.2 Å². The van der Waals surface area contributed by atoms with Crippen molar-refractivity contribution < 1.29 is 27.4 Å². The number of hydrogen-bond donors (Lipinski definition) is 1. The molecular weight excluding hydrogens is 493 g/mol. The van der Waals surface area contributed by atoms with E-state index < -0.39 is 23.0 Å². The predicted octanol–water partition coefficient (Wildman–Crippen LogP) is 5.62. The number of carbonyl (C=O) groups is 1. The largest absolute Gasteiger partial charge is 0.490 e. The lowest BCUT2D eigenvalue weighted by Crippen LogP contribution is -2.35. The van der Waals surface area contributed by atoms with Crippen LogP contribution in [-0.4, -0.2) is 46.4 Å². The van der Waals surface area contributed by atoms with Gasteiger partial charge in [-0.3, -0.25) is 10.2 Å². The third kappa shape index (κ3) is 5.62. The van der Waals surface area contributed by atoms with Crippen LogP contribution in [0.5, 0.6) is 11.5 Å². The van der Waals surface area contributed by atoms with Gasteiger partial charge < -0.3 is 9.47 Å². The summed E-state index contributed by atoms with van der Waals surface area (Å²) in [6.07, 6.45) is -3.34. The fourth-order valence-corrected chi connectivity index (χ4v) is 4.11. The van der Waals surface area contributed by atoms with E-state index in [-0.39, 0.29) is 41.1 Å². The lowest BCUT2D eigenvalue weighted by molar-refractivity contribution is -0.114. The molecule has 188 valence electrons. The maximum absolute atomic E-state index is 13.0. The fraction of sp³-hybridized carbons (Fsp3) is 0.280. The van der Waals surface area contributed by atoms with Gasteiger partial charge in [0.05, 0.1) is 5.57 Å². The van der Waals surface area contributed by atoms with Gasteiger partial charge in [-0.1, -0.05) is 51.1 Å². The van der Waals surface area contributed by atoms with Gasteiger partial charge in [-0.05, 0) is 47.0 Å². The van der Waals surface area contributed by atoms with E-state index >= 15 is 0 Å². The fourth-order valence-electron chi connectivity index (χ4n) is 3.36. The number of nitrogens with zero attached hydrogens (tertiary/aromatic N) is 3. The number of aliphatic imine (C=N–C) groups is 1. The number of alkyl halides is 3. The van der Waals surface area contributed by atoms with Crippen LogP contribution in [0.15, 0.2) is 64.2 Å². The van der Waals surface area contributed by atoms with Gasteiger partial charge in [0.2, 0.25) is 10.2 Å². The highest BCUT2D eigenvalue weighted by Gasteiger charge is 2.46. The van der Waals surface area contributed by atoms with Crippen molar-refractivity contribution in [1.82, 2.24) is 5.01 Å². The summed E-state index contributed by atoms with van der Waals surface area (Å²) in [5.74, 6) is -0.190. The lowest BCUT2D eigenvalue weighted by Gasteiger charge is -2.20. The highest BCUT2D eigenvalue weighted by Crippen LogP contribution is 2.35. The number of amidine groups is 2. The number of rotatable bonds is 6. The van der Waals surface area contributed by atoms with Gasteiger partial charge >= 0.3 is 6.18 Å². The normalized spacial score (nSPS) is 17.2. The first-order chi connectivity index (χ1) is 16.9. The first kappa shape index (κ1) is 25.5. The van der Waals surface area contributed by atoms with Crippen LogP contribution in [0.1, 0.15) is 31.9 Å². The first-order valence-electron chi connectivity index (χ1n) is 11.0. The van der Waals surface area contributed by atoms with Gasteiger partial charge in [0, 0.05) is 5.56 Å². The van der Waals surface area contributed by atoms with E-state index in [0.717, 1.165) is 0 Å². The minimum absolute atomic E-state index is 0.0450. The maximum atomic E-state index is 13.0. The number of ether oxygens (including phenoxy) is 2. The molecule has 2 heterocycles. The summed E-state index contributed by atoms with van der Waals surface area (Å²) >= 11 is 0.207. The number of para-hydroxylation sites is 1. The molecule has 2 aromatic carbocycles. The topological polar surface area (TPSA) is 87.3 Å². The molecule has 0 spiro atoms. The number of amides is 1. The second kappa shape index (κ2) is 9.81. The maximum Gasteiger partial charge on any atom is 0.441 e. The van der Waals surface area contributed by atoms with Crippen LogP contribution in [0, 0.1) is 5.41 Å².